The molecule has 2 saturated heterocycles. The predicted molar refractivity (Wildman–Crippen MR) is 213 cm³/mol. The maximum atomic E-state index is 13.2. The van der Waals surface area contributed by atoms with Crippen molar-refractivity contribution in [1.29, 1.82) is 0 Å². The molecular formula is C45H42N6O7. The van der Waals surface area contributed by atoms with Gasteiger partial charge in [0.2, 0.25) is 17.8 Å². The van der Waals surface area contributed by atoms with Crippen molar-refractivity contribution < 1.29 is 33.8 Å². The number of ether oxygens (including phenoxy) is 2. The number of amides is 4. The van der Waals surface area contributed by atoms with Crippen LogP contribution in [0.25, 0.3) is 0 Å². The molecule has 294 valence electrons. The number of phenols is 1. The highest BCUT2D eigenvalue weighted by molar-refractivity contribution is 6.23. The quantitative estimate of drug-likeness (QED) is 0.174. The summed E-state index contributed by atoms with van der Waals surface area (Å²) >= 11 is 0. The second-order valence-corrected chi connectivity index (χ2v) is 15.1. The van der Waals surface area contributed by atoms with Crippen LogP contribution in [-0.4, -0.2) is 93.9 Å². The van der Waals surface area contributed by atoms with Gasteiger partial charge in [0.1, 0.15) is 29.9 Å². The standard InChI is InChI=1S/C45H42N6O7/c52-31-9-14-36-30(24-31)8-13-35(28-4-2-1-3-5-28)41(36)29-6-10-32(11-7-29)57-23-22-49-18-20-50(21-19-49)45-46-26-34(27-47-45)58-33-12-15-37-38(25-33)44(56)51(43(37)55)39-16-17-40(53)48-42(39)54/h1-7,9-12,14-15,24-27,35,39,41,52H,8,13,16-23H2,(H,48,53,54)/t35-,39?,41?/m1/s1. The van der Waals surface area contributed by atoms with Gasteiger partial charge in [0, 0.05) is 45.1 Å². The Hall–Kier alpha value is -6.60. The first-order valence-corrected chi connectivity index (χ1v) is 19.7. The SMILES string of the molecule is O=C1CCC(N2C(=O)c3ccc(Oc4cnc(N5CCN(CCOc6ccc(C7c8ccc(O)cc8CC[C@@H]7c7ccccc7)cc6)CC5)nc4)cc3C2=O)C(=O)N1. The molecule has 2 unspecified atom stereocenters. The fourth-order valence-corrected chi connectivity index (χ4v) is 8.69. The molecule has 5 aromatic rings. The van der Waals surface area contributed by atoms with Crippen molar-refractivity contribution in [3.8, 4) is 23.0 Å². The van der Waals surface area contributed by atoms with E-state index < -0.39 is 29.7 Å². The fraction of sp³-hybridized carbons (Fsp3) is 0.289. The Morgan fingerprint density at radius 3 is 2.22 bits per heavy atom. The highest BCUT2D eigenvalue weighted by Gasteiger charge is 2.44. The number of hydrogen-bond acceptors (Lipinski definition) is 11. The Labute approximate surface area is 335 Å². The summed E-state index contributed by atoms with van der Waals surface area (Å²) in [5.74, 6) is 0.709. The van der Waals surface area contributed by atoms with E-state index in [9.17, 15) is 24.3 Å². The van der Waals surface area contributed by atoms with Crippen molar-refractivity contribution in [2.45, 2.75) is 43.6 Å². The number of nitrogens with one attached hydrogen (secondary N) is 1. The van der Waals surface area contributed by atoms with Crippen LogP contribution in [0, 0.1) is 0 Å². The number of fused-ring (bicyclic) bond motifs is 2. The van der Waals surface area contributed by atoms with Crippen LogP contribution in [0.2, 0.25) is 0 Å². The van der Waals surface area contributed by atoms with Crippen molar-refractivity contribution in [3.63, 3.8) is 0 Å². The van der Waals surface area contributed by atoms with E-state index in [0.717, 1.165) is 56.2 Å². The molecule has 3 atom stereocenters. The van der Waals surface area contributed by atoms with Crippen molar-refractivity contribution in [1.82, 2.24) is 25.1 Å². The molecule has 2 N–H and O–H groups in total. The summed E-state index contributed by atoms with van der Waals surface area (Å²) in [6, 6.07) is 28.5. The molecule has 0 spiro atoms. The van der Waals surface area contributed by atoms with E-state index in [1.54, 1.807) is 24.5 Å². The Balaban J connectivity index is 0.759. The summed E-state index contributed by atoms with van der Waals surface area (Å²) in [5, 5.41) is 12.4. The zero-order valence-electron chi connectivity index (χ0n) is 31.8. The third kappa shape index (κ3) is 7.36. The van der Waals surface area contributed by atoms with Crippen LogP contribution in [0.1, 0.15) is 74.1 Å². The van der Waals surface area contributed by atoms with Crippen molar-refractivity contribution in [3.05, 3.63) is 137 Å². The van der Waals surface area contributed by atoms with E-state index in [-0.39, 0.29) is 29.9 Å². The molecule has 0 saturated carbocycles. The number of carbonyl (C=O) groups excluding carboxylic acids is 4. The number of imide groups is 2. The summed E-state index contributed by atoms with van der Waals surface area (Å²) in [4.78, 5) is 64.6. The Bertz CT molecular complexity index is 2360. The van der Waals surface area contributed by atoms with Gasteiger partial charge >= 0.3 is 0 Å². The molecule has 1 aliphatic carbocycles. The lowest BCUT2D eigenvalue weighted by atomic mass is 9.69. The third-order valence-corrected chi connectivity index (χ3v) is 11.6. The van der Waals surface area contributed by atoms with Crippen LogP contribution in [0.15, 0.2) is 103 Å². The lowest BCUT2D eigenvalue weighted by molar-refractivity contribution is -0.136. The summed E-state index contributed by atoms with van der Waals surface area (Å²) in [6.45, 7) is 4.53. The number of carbonyl (C=O) groups is 4. The highest BCUT2D eigenvalue weighted by Crippen LogP contribution is 2.47. The minimum Gasteiger partial charge on any atom is -0.508 e. The van der Waals surface area contributed by atoms with Crippen LogP contribution in [0.3, 0.4) is 0 Å². The number of phenolic OH excluding ortho intramolecular Hbond substituents is 1. The monoisotopic (exact) mass is 778 g/mol. The van der Waals surface area contributed by atoms with Gasteiger partial charge in [0.05, 0.1) is 23.5 Å². The third-order valence-electron chi connectivity index (χ3n) is 11.6. The van der Waals surface area contributed by atoms with Gasteiger partial charge in [-0.1, -0.05) is 48.5 Å². The summed E-state index contributed by atoms with van der Waals surface area (Å²) < 4.78 is 12.1. The first-order valence-electron chi connectivity index (χ1n) is 19.7. The van der Waals surface area contributed by atoms with Crippen LogP contribution >= 0.6 is 0 Å². The molecule has 13 nitrogen and oxygen atoms in total. The van der Waals surface area contributed by atoms with Gasteiger partial charge in [0.25, 0.3) is 11.8 Å². The smallest absolute Gasteiger partial charge is 0.262 e. The van der Waals surface area contributed by atoms with E-state index in [1.807, 2.05) is 6.07 Å². The Morgan fingerprint density at radius 2 is 1.47 bits per heavy atom. The van der Waals surface area contributed by atoms with E-state index in [1.165, 1.54) is 34.4 Å². The van der Waals surface area contributed by atoms with Gasteiger partial charge in [-0.2, -0.15) is 0 Å². The lowest BCUT2D eigenvalue weighted by Crippen LogP contribution is -2.54. The summed E-state index contributed by atoms with van der Waals surface area (Å²) in [6.07, 6.45) is 5.24. The number of rotatable bonds is 10. The molecule has 0 bridgehead atoms. The second-order valence-electron chi connectivity index (χ2n) is 15.1. The largest absolute Gasteiger partial charge is 0.508 e. The minimum absolute atomic E-state index is 0.0533. The number of nitrogens with zero attached hydrogens (tertiary/aromatic N) is 5. The van der Waals surface area contributed by atoms with Gasteiger partial charge in [-0.3, -0.25) is 34.3 Å². The van der Waals surface area contributed by atoms with Gasteiger partial charge < -0.3 is 19.5 Å². The number of aryl methyl sites for hydroxylation is 1. The van der Waals surface area contributed by atoms with Gasteiger partial charge in [0.15, 0.2) is 5.75 Å². The average Bonchev–Trinajstić information content (AvgIpc) is 3.49. The number of aromatic nitrogens is 2. The van der Waals surface area contributed by atoms with Crippen LogP contribution in [-0.2, 0) is 16.0 Å². The predicted octanol–water partition coefficient (Wildman–Crippen LogP) is 5.44. The van der Waals surface area contributed by atoms with Crippen LogP contribution < -0.4 is 19.7 Å². The van der Waals surface area contributed by atoms with E-state index in [0.29, 0.717) is 35.7 Å². The summed E-state index contributed by atoms with van der Waals surface area (Å²) in [5.41, 5.74) is 5.37. The van der Waals surface area contributed by atoms with Crippen LogP contribution in [0.4, 0.5) is 5.95 Å². The Kier molecular flexibility index (Phi) is 10.0. The second kappa shape index (κ2) is 15.7. The maximum Gasteiger partial charge on any atom is 0.262 e. The van der Waals surface area contributed by atoms with Crippen LogP contribution in [0.5, 0.6) is 23.0 Å². The Morgan fingerprint density at radius 1 is 0.724 bits per heavy atom. The van der Waals surface area contributed by atoms with E-state index in [4.69, 9.17) is 9.47 Å². The van der Waals surface area contributed by atoms with E-state index >= 15 is 0 Å². The topological polar surface area (TPSA) is 154 Å². The summed E-state index contributed by atoms with van der Waals surface area (Å²) in [7, 11) is 0. The van der Waals surface area contributed by atoms with Gasteiger partial charge in [-0.25, -0.2) is 9.97 Å². The van der Waals surface area contributed by atoms with Crippen molar-refractivity contribution in [2.75, 3.05) is 44.2 Å². The van der Waals surface area contributed by atoms with Crippen molar-refractivity contribution >= 4 is 29.6 Å². The molecule has 2 fully saturated rings. The normalized spacial score (nSPS) is 20.7. The first kappa shape index (κ1) is 37.0. The molecule has 13 heteroatoms. The lowest BCUT2D eigenvalue weighted by Gasteiger charge is -2.35. The molecule has 3 aliphatic heterocycles. The number of anilines is 1. The molecular weight excluding hydrogens is 737 g/mol. The zero-order valence-corrected chi connectivity index (χ0v) is 31.8. The number of aromatic hydroxyl groups is 1. The number of piperidine rings is 1. The van der Waals surface area contributed by atoms with E-state index in [2.05, 4.69) is 85.7 Å². The maximum absolute atomic E-state index is 13.2. The van der Waals surface area contributed by atoms with Crippen molar-refractivity contribution in [2.24, 2.45) is 0 Å². The number of piperazine rings is 1. The number of benzene rings is 4. The minimum atomic E-state index is -1.03. The molecule has 9 rings (SSSR count). The molecule has 4 amide bonds. The molecule has 1 aromatic heterocycles. The first-order chi connectivity index (χ1) is 28.3. The highest BCUT2D eigenvalue weighted by atomic mass is 16.5. The van der Waals surface area contributed by atoms with Gasteiger partial charge in [-0.05, 0) is 89.9 Å². The molecule has 4 aromatic carbocycles. The zero-order chi connectivity index (χ0) is 39.8. The molecule has 0 radical (unpaired) electrons. The van der Waals surface area contributed by atoms with Gasteiger partial charge in [-0.15, -0.1) is 0 Å². The average molecular weight is 779 g/mol. The fourth-order valence-electron chi connectivity index (χ4n) is 8.69. The number of hydrogen-bond donors (Lipinski definition) is 2. The molecule has 4 heterocycles. The molecule has 4 aliphatic rings. The molecule has 58 heavy (non-hydrogen) atoms.